The van der Waals surface area contributed by atoms with Crippen molar-refractivity contribution >= 4 is 10.2 Å². The molecule has 0 aromatic carbocycles. The highest BCUT2D eigenvalue weighted by Crippen LogP contribution is 2.20. The normalized spacial score (nSPS) is 22.9. The van der Waals surface area contributed by atoms with Crippen molar-refractivity contribution < 1.29 is 8.42 Å². The van der Waals surface area contributed by atoms with Crippen molar-refractivity contribution in [2.24, 2.45) is 5.92 Å². The summed E-state index contributed by atoms with van der Waals surface area (Å²) in [5.41, 5.74) is 0. The SMILES string of the molecule is CCN(C)S(=O)(=O)N1CCCC(CNC(C)C)C1. The minimum atomic E-state index is -3.24. The molecule has 6 heteroatoms. The summed E-state index contributed by atoms with van der Waals surface area (Å²) in [6.45, 7) is 8.81. The zero-order valence-corrected chi connectivity index (χ0v) is 12.8. The average Bonchev–Trinajstić information content (AvgIpc) is 2.35. The molecule has 0 radical (unpaired) electrons. The van der Waals surface area contributed by atoms with E-state index in [0.29, 0.717) is 31.6 Å². The molecule has 0 saturated carbocycles. The second-order valence-corrected chi connectivity index (χ2v) is 7.39. The zero-order chi connectivity index (χ0) is 13.8. The van der Waals surface area contributed by atoms with E-state index in [9.17, 15) is 8.42 Å². The molecule has 1 rings (SSSR count). The largest absolute Gasteiger partial charge is 0.314 e. The summed E-state index contributed by atoms with van der Waals surface area (Å²) in [4.78, 5) is 0. The molecular formula is C12H27N3O2S. The average molecular weight is 277 g/mol. The van der Waals surface area contributed by atoms with E-state index in [0.717, 1.165) is 19.4 Å². The molecule has 0 spiro atoms. The van der Waals surface area contributed by atoms with Gasteiger partial charge in [-0.25, -0.2) is 0 Å². The summed E-state index contributed by atoms with van der Waals surface area (Å²) in [6.07, 6.45) is 2.07. The molecule has 1 atom stereocenters. The van der Waals surface area contributed by atoms with Gasteiger partial charge in [0.2, 0.25) is 0 Å². The van der Waals surface area contributed by atoms with Gasteiger partial charge in [-0.2, -0.15) is 17.0 Å². The third-order valence-corrected chi connectivity index (χ3v) is 5.49. The van der Waals surface area contributed by atoms with Gasteiger partial charge in [0, 0.05) is 32.7 Å². The Kier molecular flexibility index (Phi) is 6.04. The summed E-state index contributed by atoms with van der Waals surface area (Å²) in [7, 11) is -1.60. The molecule has 1 N–H and O–H groups in total. The molecule has 108 valence electrons. The number of nitrogens with zero attached hydrogens (tertiary/aromatic N) is 2. The van der Waals surface area contributed by atoms with Gasteiger partial charge in [-0.15, -0.1) is 0 Å². The molecule has 1 unspecified atom stereocenters. The van der Waals surface area contributed by atoms with E-state index in [1.807, 2.05) is 6.92 Å². The van der Waals surface area contributed by atoms with Crippen LogP contribution in [0.1, 0.15) is 33.6 Å². The van der Waals surface area contributed by atoms with E-state index in [2.05, 4.69) is 19.2 Å². The lowest BCUT2D eigenvalue weighted by molar-refractivity contribution is 0.244. The number of hydrogen-bond donors (Lipinski definition) is 1. The molecule has 0 aliphatic carbocycles. The maximum atomic E-state index is 12.2. The maximum Gasteiger partial charge on any atom is 0.281 e. The van der Waals surface area contributed by atoms with Crippen molar-refractivity contribution in [3.05, 3.63) is 0 Å². The van der Waals surface area contributed by atoms with Crippen molar-refractivity contribution in [1.29, 1.82) is 0 Å². The standard InChI is InChI=1S/C12H27N3O2S/c1-5-14(4)18(16,17)15-8-6-7-12(10-15)9-13-11(2)3/h11-13H,5-10H2,1-4H3. The predicted molar refractivity (Wildman–Crippen MR) is 74.7 cm³/mol. The minimum absolute atomic E-state index is 0.432. The summed E-state index contributed by atoms with van der Waals surface area (Å²) in [6, 6.07) is 0.454. The first-order valence-corrected chi connectivity index (χ1v) is 8.22. The summed E-state index contributed by atoms with van der Waals surface area (Å²) in [5, 5.41) is 3.40. The Balaban J connectivity index is 2.58. The number of piperidine rings is 1. The van der Waals surface area contributed by atoms with E-state index < -0.39 is 10.2 Å². The molecule has 1 aliphatic rings. The molecule has 0 aromatic heterocycles. The van der Waals surface area contributed by atoms with Gasteiger partial charge in [0.1, 0.15) is 0 Å². The second kappa shape index (κ2) is 6.84. The van der Waals surface area contributed by atoms with Crippen molar-refractivity contribution in [3.8, 4) is 0 Å². The minimum Gasteiger partial charge on any atom is -0.314 e. The number of rotatable bonds is 6. The third-order valence-electron chi connectivity index (χ3n) is 3.46. The molecule has 1 heterocycles. The first-order chi connectivity index (χ1) is 8.37. The van der Waals surface area contributed by atoms with Crippen molar-refractivity contribution in [2.45, 2.75) is 39.7 Å². The van der Waals surface area contributed by atoms with Crippen LogP contribution in [0.5, 0.6) is 0 Å². The Bertz CT molecular complexity index is 343. The molecule has 5 nitrogen and oxygen atoms in total. The predicted octanol–water partition coefficient (Wildman–Crippen LogP) is 0.893. The summed E-state index contributed by atoms with van der Waals surface area (Å²) < 4.78 is 27.5. The van der Waals surface area contributed by atoms with Gasteiger partial charge in [0.15, 0.2) is 0 Å². The highest BCUT2D eigenvalue weighted by atomic mass is 32.2. The van der Waals surface area contributed by atoms with Crippen molar-refractivity contribution in [1.82, 2.24) is 13.9 Å². The lowest BCUT2D eigenvalue weighted by Crippen LogP contribution is -2.48. The van der Waals surface area contributed by atoms with Crippen LogP contribution in [-0.4, -0.2) is 56.3 Å². The van der Waals surface area contributed by atoms with Crippen LogP contribution in [0.3, 0.4) is 0 Å². The van der Waals surface area contributed by atoms with E-state index in [-0.39, 0.29) is 0 Å². The quantitative estimate of drug-likeness (QED) is 0.784. The van der Waals surface area contributed by atoms with Crippen LogP contribution >= 0.6 is 0 Å². The Labute approximate surface area is 112 Å². The van der Waals surface area contributed by atoms with E-state index in [1.165, 1.54) is 4.31 Å². The first kappa shape index (κ1) is 15.9. The fourth-order valence-electron chi connectivity index (χ4n) is 2.17. The fraction of sp³-hybridized carbons (Fsp3) is 1.00. The zero-order valence-electron chi connectivity index (χ0n) is 12.0. The van der Waals surface area contributed by atoms with E-state index in [1.54, 1.807) is 11.4 Å². The lowest BCUT2D eigenvalue weighted by atomic mass is 9.99. The fourth-order valence-corrected chi connectivity index (χ4v) is 3.65. The molecular weight excluding hydrogens is 250 g/mol. The van der Waals surface area contributed by atoms with Gasteiger partial charge in [0.25, 0.3) is 10.2 Å². The number of hydrogen-bond acceptors (Lipinski definition) is 3. The molecule has 0 amide bonds. The molecule has 1 aliphatic heterocycles. The third kappa shape index (κ3) is 4.19. The highest BCUT2D eigenvalue weighted by molar-refractivity contribution is 7.86. The van der Waals surface area contributed by atoms with Crippen LogP contribution < -0.4 is 5.32 Å². The first-order valence-electron chi connectivity index (χ1n) is 6.82. The lowest BCUT2D eigenvalue weighted by Gasteiger charge is -2.34. The van der Waals surface area contributed by atoms with Crippen molar-refractivity contribution in [2.75, 3.05) is 33.2 Å². The Morgan fingerprint density at radius 2 is 2.11 bits per heavy atom. The molecule has 0 bridgehead atoms. The van der Waals surface area contributed by atoms with Gasteiger partial charge in [-0.3, -0.25) is 0 Å². The number of nitrogens with one attached hydrogen (secondary N) is 1. The Morgan fingerprint density at radius 3 is 2.67 bits per heavy atom. The topological polar surface area (TPSA) is 52.7 Å². The Morgan fingerprint density at radius 1 is 1.44 bits per heavy atom. The van der Waals surface area contributed by atoms with Crippen LogP contribution in [0.4, 0.5) is 0 Å². The van der Waals surface area contributed by atoms with Gasteiger partial charge in [0.05, 0.1) is 0 Å². The second-order valence-electron chi connectivity index (χ2n) is 5.35. The summed E-state index contributed by atoms with van der Waals surface area (Å²) >= 11 is 0. The smallest absolute Gasteiger partial charge is 0.281 e. The maximum absolute atomic E-state index is 12.2. The van der Waals surface area contributed by atoms with Gasteiger partial charge < -0.3 is 5.32 Å². The highest BCUT2D eigenvalue weighted by Gasteiger charge is 2.30. The van der Waals surface area contributed by atoms with E-state index in [4.69, 9.17) is 0 Å². The molecule has 0 aromatic rings. The summed E-state index contributed by atoms with van der Waals surface area (Å²) in [5.74, 6) is 0.432. The van der Waals surface area contributed by atoms with Gasteiger partial charge in [-0.05, 0) is 25.3 Å². The molecule has 1 saturated heterocycles. The van der Waals surface area contributed by atoms with Crippen molar-refractivity contribution in [3.63, 3.8) is 0 Å². The van der Waals surface area contributed by atoms with Gasteiger partial charge in [-0.1, -0.05) is 20.8 Å². The Hall–Kier alpha value is -0.170. The van der Waals surface area contributed by atoms with Crippen LogP contribution in [0.25, 0.3) is 0 Å². The van der Waals surface area contributed by atoms with E-state index >= 15 is 0 Å². The molecule has 1 fully saturated rings. The van der Waals surface area contributed by atoms with Gasteiger partial charge >= 0.3 is 0 Å². The van der Waals surface area contributed by atoms with Crippen LogP contribution in [0.15, 0.2) is 0 Å². The van der Waals surface area contributed by atoms with Crippen LogP contribution in [-0.2, 0) is 10.2 Å². The molecule has 18 heavy (non-hydrogen) atoms. The van der Waals surface area contributed by atoms with Crippen LogP contribution in [0, 0.1) is 5.92 Å². The monoisotopic (exact) mass is 277 g/mol. The van der Waals surface area contributed by atoms with Crippen LogP contribution in [0.2, 0.25) is 0 Å².